The van der Waals surface area contributed by atoms with Crippen LogP contribution in [0.5, 0.6) is 0 Å². The van der Waals surface area contributed by atoms with Crippen molar-refractivity contribution in [1.82, 2.24) is 4.90 Å². The predicted octanol–water partition coefficient (Wildman–Crippen LogP) is 4.21. The van der Waals surface area contributed by atoms with E-state index in [9.17, 15) is 14.4 Å². The van der Waals surface area contributed by atoms with Crippen LogP contribution in [0.15, 0.2) is 83.3 Å². The number of halogens is 1. The van der Waals surface area contributed by atoms with Gasteiger partial charge in [-0.3, -0.25) is 0 Å². The van der Waals surface area contributed by atoms with Gasteiger partial charge in [0.25, 0.3) is 0 Å². The van der Waals surface area contributed by atoms with E-state index in [2.05, 4.69) is 15.9 Å². The molecule has 0 N–H and O–H groups in total. The van der Waals surface area contributed by atoms with Crippen molar-refractivity contribution in [2.75, 3.05) is 26.2 Å². The third-order valence-corrected chi connectivity index (χ3v) is 10.9. The van der Waals surface area contributed by atoms with E-state index < -0.39 is 34.2 Å². The summed E-state index contributed by atoms with van der Waals surface area (Å²) in [6.45, 7) is 0. The standard InChI is InChI=1S/C29H27BrN2O6Se/c1-36-25(33)28(17-19-13-15-20(30)16-14-19)18-29(39-21-9-5-4-6-10-21)22-11-7-8-12-23(22)31(26(34)37-2)24(29)32(28)27(35)38-3/h4-16,24H,17-18H2,1-3H3/t24-,28+,29+/m0/s1. The van der Waals surface area contributed by atoms with Crippen molar-refractivity contribution in [1.29, 1.82) is 0 Å². The Labute approximate surface area is 241 Å². The van der Waals surface area contributed by atoms with Gasteiger partial charge in [-0.2, -0.15) is 0 Å². The van der Waals surface area contributed by atoms with E-state index in [0.29, 0.717) is 5.69 Å². The maximum atomic E-state index is 13.9. The molecule has 0 unspecified atom stereocenters. The molecule has 10 heteroatoms. The number of esters is 1. The molecular formula is C29H27BrN2O6Se. The van der Waals surface area contributed by atoms with Gasteiger partial charge in [-0.15, -0.1) is 0 Å². The molecule has 0 spiro atoms. The van der Waals surface area contributed by atoms with Crippen LogP contribution in [0.3, 0.4) is 0 Å². The van der Waals surface area contributed by atoms with Gasteiger partial charge in [0, 0.05) is 0 Å². The Kier molecular flexibility index (Phi) is 7.46. The van der Waals surface area contributed by atoms with Crippen molar-refractivity contribution < 1.29 is 28.6 Å². The summed E-state index contributed by atoms with van der Waals surface area (Å²) < 4.78 is 17.1. The number of carbonyl (C=O) groups is 3. The molecule has 202 valence electrons. The van der Waals surface area contributed by atoms with Gasteiger partial charge in [-0.05, 0) is 0 Å². The number of benzene rings is 3. The molecule has 0 bridgehead atoms. The van der Waals surface area contributed by atoms with Gasteiger partial charge in [0.05, 0.1) is 0 Å². The van der Waals surface area contributed by atoms with E-state index >= 15 is 0 Å². The fourth-order valence-corrected chi connectivity index (χ4v) is 9.49. The van der Waals surface area contributed by atoms with Gasteiger partial charge < -0.3 is 0 Å². The molecule has 1 fully saturated rings. The second kappa shape index (κ2) is 10.7. The van der Waals surface area contributed by atoms with Crippen molar-refractivity contribution in [3.63, 3.8) is 0 Å². The van der Waals surface area contributed by atoms with E-state index in [1.54, 1.807) is 0 Å². The normalized spacial score (nSPS) is 23.1. The zero-order chi connectivity index (χ0) is 27.8. The molecule has 8 nitrogen and oxygen atoms in total. The number of fused-ring (bicyclic) bond motifs is 3. The molecule has 0 radical (unpaired) electrons. The summed E-state index contributed by atoms with van der Waals surface area (Å²) >= 11 is 3.13. The van der Waals surface area contributed by atoms with Gasteiger partial charge in [0.15, 0.2) is 0 Å². The van der Waals surface area contributed by atoms with Crippen LogP contribution < -0.4 is 9.36 Å². The van der Waals surface area contributed by atoms with E-state index in [0.717, 1.165) is 20.1 Å². The number of rotatable bonds is 5. The summed E-state index contributed by atoms with van der Waals surface area (Å²) in [4.78, 5) is 44.0. The Balaban J connectivity index is 1.80. The quantitative estimate of drug-likeness (QED) is 0.232. The molecule has 0 aliphatic carbocycles. The number of hydrogen-bond acceptors (Lipinski definition) is 6. The van der Waals surface area contributed by atoms with E-state index in [-0.39, 0.29) is 27.8 Å². The fraction of sp³-hybridized carbons (Fsp3) is 0.276. The van der Waals surface area contributed by atoms with Crippen molar-refractivity contribution in [2.24, 2.45) is 0 Å². The molecule has 1 saturated heterocycles. The maximum absolute atomic E-state index is 13.9. The van der Waals surface area contributed by atoms with Crippen molar-refractivity contribution in [2.45, 2.75) is 28.9 Å². The number of para-hydroxylation sites is 1. The van der Waals surface area contributed by atoms with Crippen molar-refractivity contribution >= 4 is 59.2 Å². The summed E-state index contributed by atoms with van der Waals surface area (Å²) in [5, 5.41) is 0. The van der Waals surface area contributed by atoms with Gasteiger partial charge in [-0.25, -0.2) is 0 Å². The minimum absolute atomic E-state index is 0.169. The van der Waals surface area contributed by atoms with Crippen LogP contribution >= 0.6 is 15.9 Å². The molecule has 2 amide bonds. The Morgan fingerprint density at radius 2 is 1.51 bits per heavy atom. The first-order chi connectivity index (χ1) is 18.8. The number of anilines is 1. The van der Waals surface area contributed by atoms with E-state index in [1.807, 2.05) is 78.9 Å². The van der Waals surface area contributed by atoms with Gasteiger partial charge in [0.2, 0.25) is 0 Å². The number of likely N-dealkylation sites (tertiary alicyclic amines) is 1. The summed E-state index contributed by atoms with van der Waals surface area (Å²) in [5.74, 6) is -0.573. The van der Waals surface area contributed by atoms with Crippen LogP contribution in [0, 0.1) is 0 Å². The molecule has 39 heavy (non-hydrogen) atoms. The predicted molar refractivity (Wildman–Crippen MR) is 150 cm³/mol. The number of hydrogen-bond donors (Lipinski definition) is 0. The van der Waals surface area contributed by atoms with Crippen LogP contribution in [0.25, 0.3) is 0 Å². The van der Waals surface area contributed by atoms with E-state index in [4.69, 9.17) is 14.2 Å². The molecule has 5 rings (SSSR count). The van der Waals surface area contributed by atoms with Crippen LogP contribution in [-0.4, -0.2) is 71.0 Å². The molecule has 0 aromatic heterocycles. The number of methoxy groups -OCH3 is 3. The zero-order valence-corrected chi connectivity index (χ0v) is 24.9. The molecular weight excluding hydrogens is 631 g/mol. The number of amides is 2. The van der Waals surface area contributed by atoms with Crippen molar-refractivity contribution in [3.8, 4) is 0 Å². The second-order valence-corrected chi connectivity index (χ2v) is 13.2. The van der Waals surface area contributed by atoms with Gasteiger partial charge in [0.1, 0.15) is 0 Å². The summed E-state index contributed by atoms with van der Waals surface area (Å²) in [5.41, 5.74) is 0.886. The summed E-state index contributed by atoms with van der Waals surface area (Å²) in [6, 6.07) is 25.1. The van der Waals surface area contributed by atoms with Crippen LogP contribution in [0.1, 0.15) is 17.5 Å². The SMILES string of the molecule is COC(=O)N1c2ccccc2[C@]2([Se]c3ccccc3)C[C@](Cc3ccc(Br)cc3)(C(=O)OC)N(C(=O)OC)[C@H]12. The Morgan fingerprint density at radius 1 is 0.872 bits per heavy atom. The molecule has 3 aromatic rings. The zero-order valence-electron chi connectivity index (χ0n) is 21.6. The molecule has 0 saturated carbocycles. The fourth-order valence-electron chi connectivity index (χ4n) is 5.82. The molecule has 2 heterocycles. The monoisotopic (exact) mass is 658 g/mol. The molecule has 3 aromatic carbocycles. The van der Waals surface area contributed by atoms with Crippen LogP contribution in [-0.2, 0) is 29.7 Å². The first kappa shape index (κ1) is 27.2. The summed E-state index contributed by atoms with van der Waals surface area (Å²) in [7, 11) is 3.90. The van der Waals surface area contributed by atoms with E-state index in [1.165, 1.54) is 31.1 Å². The number of nitrogens with zero attached hydrogens (tertiary/aromatic N) is 2. The first-order valence-corrected chi connectivity index (χ1v) is 14.7. The Hall–Kier alpha value is -3.33. The Bertz CT molecular complexity index is 1400. The average Bonchev–Trinajstić information content (AvgIpc) is 3.39. The minimum atomic E-state index is -1.46. The van der Waals surface area contributed by atoms with Crippen LogP contribution in [0.2, 0.25) is 0 Å². The molecule has 3 atom stereocenters. The topological polar surface area (TPSA) is 85.4 Å². The Morgan fingerprint density at radius 3 is 2.15 bits per heavy atom. The third kappa shape index (κ3) is 4.40. The second-order valence-electron chi connectivity index (χ2n) is 9.38. The molecule has 2 aliphatic heterocycles. The van der Waals surface area contributed by atoms with Gasteiger partial charge in [-0.1, -0.05) is 0 Å². The number of carbonyl (C=O) groups excluding carboxylic acids is 3. The first-order valence-electron chi connectivity index (χ1n) is 12.2. The van der Waals surface area contributed by atoms with Gasteiger partial charge >= 0.3 is 242 Å². The summed E-state index contributed by atoms with van der Waals surface area (Å²) in [6.07, 6.45) is -1.85. The average molecular weight is 658 g/mol. The van der Waals surface area contributed by atoms with Crippen molar-refractivity contribution in [3.05, 3.63) is 94.5 Å². The third-order valence-electron chi connectivity index (χ3n) is 7.30. The number of ether oxygens (including phenoxy) is 3. The van der Waals surface area contributed by atoms with Crippen LogP contribution in [0.4, 0.5) is 15.3 Å². The molecule has 2 aliphatic rings.